The maximum absolute atomic E-state index is 12.9. The molecule has 1 heterocycles. The summed E-state index contributed by atoms with van der Waals surface area (Å²) in [5, 5.41) is 0. The van der Waals surface area contributed by atoms with Gasteiger partial charge in [0.2, 0.25) is 0 Å². The minimum absolute atomic E-state index is 0.0113. The second kappa shape index (κ2) is 4.49. The Kier molecular flexibility index (Phi) is 3.06. The van der Waals surface area contributed by atoms with Crippen LogP contribution in [0.3, 0.4) is 0 Å². The highest BCUT2D eigenvalue weighted by molar-refractivity contribution is 5.52. The third-order valence-corrected chi connectivity index (χ3v) is 2.39. The Morgan fingerprint density at radius 3 is 3.07 bits per heavy atom. The van der Waals surface area contributed by atoms with Crippen molar-refractivity contribution in [2.45, 2.75) is 18.9 Å². The van der Waals surface area contributed by atoms with Gasteiger partial charge in [0.15, 0.2) is 0 Å². The predicted molar refractivity (Wildman–Crippen MR) is 55.3 cm³/mol. The van der Waals surface area contributed by atoms with Crippen molar-refractivity contribution in [3.8, 4) is 5.75 Å². The molecule has 0 bridgehead atoms. The molecule has 1 fully saturated rings. The number of hydrogen-bond donors (Lipinski definition) is 1. The lowest BCUT2D eigenvalue weighted by Crippen LogP contribution is -2.28. The van der Waals surface area contributed by atoms with Crippen molar-refractivity contribution < 1.29 is 13.9 Å². The zero-order valence-corrected chi connectivity index (χ0v) is 8.41. The van der Waals surface area contributed by atoms with E-state index >= 15 is 0 Å². The maximum Gasteiger partial charge on any atom is 0.145 e. The summed E-state index contributed by atoms with van der Waals surface area (Å²) in [7, 11) is 0. The van der Waals surface area contributed by atoms with Gasteiger partial charge in [-0.15, -0.1) is 0 Å². The van der Waals surface area contributed by atoms with Gasteiger partial charge in [-0.2, -0.15) is 0 Å². The van der Waals surface area contributed by atoms with Crippen molar-refractivity contribution in [2.75, 3.05) is 18.9 Å². The van der Waals surface area contributed by atoms with E-state index in [4.69, 9.17) is 15.2 Å². The first-order valence-electron chi connectivity index (χ1n) is 5.05. The molecule has 1 aliphatic rings. The highest BCUT2D eigenvalue weighted by Crippen LogP contribution is 2.25. The van der Waals surface area contributed by atoms with Crippen LogP contribution in [0.25, 0.3) is 0 Å². The number of hydrogen-bond acceptors (Lipinski definition) is 3. The van der Waals surface area contributed by atoms with Crippen molar-refractivity contribution in [2.24, 2.45) is 0 Å². The molecule has 1 atom stereocenters. The lowest BCUT2D eigenvalue weighted by molar-refractivity contribution is 0.00764. The highest BCUT2D eigenvalue weighted by Gasteiger charge is 2.16. The van der Waals surface area contributed by atoms with Crippen LogP contribution in [0, 0.1) is 5.82 Å². The largest absolute Gasteiger partial charge is 0.486 e. The lowest BCUT2D eigenvalue weighted by Gasteiger charge is -2.23. The summed E-state index contributed by atoms with van der Waals surface area (Å²) < 4.78 is 23.8. The van der Waals surface area contributed by atoms with Gasteiger partial charge in [-0.05, 0) is 25.0 Å². The maximum atomic E-state index is 12.9. The van der Waals surface area contributed by atoms with Gasteiger partial charge in [-0.25, -0.2) is 4.39 Å². The van der Waals surface area contributed by atoms with E-state index in [-0.39, 0.29) is 11.9 Å². The molecular weight excluding hydrogens is 197 g/mol. The minimum atomic E-state index is -0.337. The monoisotopic (exact) mass is 211 g/mol. The fourth-order valence-corrected chi connectivity index (χ4v) is 1.59. The number of nitrogens with two attached hydrogens (primary N) is 1. The first-order chi connectivity index (χ1) is 7.25. The molecule has 0 spiro atoms. The summed E-state index contributed by atoms with van der Waals surface area (Å²) in [6, 6.07) is 4.14. The fourth-order valence-electron chi connectivity index (χ4n) is 1.59. The molecule has 0 saturated carbocycles. The van der Waals surface area contributed by atoms with E-state index in [1.165, 1.54) is 18.2 Å². The molecule has 0 unspecified atom stereocenters. The molecule has 3 nitrogen and oxygen atoms in total. The van der Waals surface area contributed by atoms with E-state index in [2.05, 4.69) is 0 Å². The molecule has 2 N–H and O–H groups in total. The van der Waals surface area contributed by atoms with E-state index in [9.17, 15) is 4.39 Å². The fraction of sp³-hybridized carbons (Fsp3) is 0.455. The average molecular weight is 211 g/mol. The molecule has 1 aliphatic heterocycles. The van der Waals surface area contributed by atoms with Gasteiger partial charge < -0.3 is 15.2 Å². The number of rotatable bonds is 2. The molecule has 2 rings (SSSR count). The van der Waals surface area contributed by atoms with Crippen LogP contribution in [0.2, 0.25) is 0 Å². The Hall–Kier alpha value is -1.29. The molecule has 82 valence electrons. The summed E-state index contributed by atoms with van der Waals surface area (Å²) in [5.41, 5.74) is 6.13. The minimum Gasteiger partial charge on any atom is -0.486 e. The van der Waals surface area contributed by atoms with Crippen LogP contribution in [0.15, 0.2) is 18.2 Å². The molecule has 1 saturated heterocycles. The van der Waals surface area contributed by atoms with Gasteiger partial charge in [-0.1, -0.05) is 0 Å². The van der Waals surface area contributed by atoms with E-state index in [1.54, 1.807) is 0 Å². The Labute approximate surface area is 88.0 Å². The summed E-state index contributed by atoms with van der Waals surface area (Å²) in [6.07, 6.45) is 1.89. The van der Waals surface area contributed by atoms with Crippen LogP contribution < -0.4 is 10.5 Å². The number of anilines is 1. The van der Waals surface area contributed by atoms with Crippen LogP contribution in [0.5, 0.6) is 5.75 Å². The number of nitrogen functional groups attached to an aromatic ring is 1. The number of halogens is 1. The van der Waals surface area contributed by atoms with E-state index in [0.29, 0.717) is 18.0 Å². The van der Waals surface area contributed by atoms with Gasteiger partial charge in [0.1, 0.15) is 17.7 Å². The summed E-state index contributed by atoms with van der Waals surface area (Å²) in [5.74, 6) is 0.0708. The van der Waals surface area contributed by atoms with E-state index in [1.807, 2.05) is 0 Å². The second-order valence-corrected chi connectivity index (χ2v) is 3.64. The van der Waals surface area contributed by atoms with Gasteiger partial charge in [0.05, 0.1) is 12.3 Å². The van der Waals surface area contributed by atoms with Gasteiger partial charge in [0.25, 0.3) is 0 Å². The predicted octanol–water partition coefficient (Wildman–Crippen LogP) is 1.97. The van der Waals surface area contributed by atoms with Crippen LogP contribution in [0.1, 0.15) is 12.8 Å². The average Bonchev–Trinajstić information content (AvgIpc) is 2.25. The smallest absolute Gasteiger partial charge is 0.145 e. The Morgan fingerprint density at radius 1 is 1.47 bits per heavy atom. The van der Waals surface area contributed by atoms with Crippen molar-refractivity contribution in [1.29, 1.82) is 0 Å². The number of benzene rings is 1. The molecule has 1 aromatic carbocycles. The van der Waals surface area contributed by atoms with E-state index in [0.717, 1.165) is 19.4 Å². The molecule has 1 aromatic rings. The first-order valence-corrected chi connectivity index (χ1v) is 5.05. The zero-order valence-electron chi connectivity index (χ0n) is 8.41. The zero-order chi connectivity index (χ0) is 10.7. The third-order valence-electron chi connectivity index (χ3n) is 2.39. The molecule has 0 radical (unpaired) electrons. The van der Waals surface area contributed by atoms with Crippen molar-refractivity contribution in [3.05, 3.63) is 24.0 Å². The van der Waals surface area contributed by atoms with E-state index < -0.39 is 0 Å². The summed E-state index contributed by atoms with van der Waals surface area (Å²) in [6.45, 7) is 1.33. The molecule has 0 amide bonds. The third kappa shape index (κ3) is 2.59. The van der Waals surface area contributed by atoms with Crippen LogP contribution in [0.4, 0.5) is 10.1 Å². The molecule has 4 heteroatoms. The quantitative estimate of drug-likeness (QED) is 0.760. The first kappa shape index (κ1) is 10.2. The van der Waals surface area contributed by atoms with Crippen molar-refractivity contribution >= 4 is 5.69 Å². The Bertz CT molecular complexity index is 337. The number of ether oxygens (including phenoxy) is 2. The molecule has 0 aliphatic carbocycles. The lowest BCUT2D eigenvalue weighted by atomic mass is 10.2. The van der Waals surface area contributed by atoms with Crippen molar-refractivity contribution in [3.63, 3.8) is 0 Å². The van der Waals surface area contributed by atoms with Gasteiger partial charge in [0, 0.05) is 12.7 Å². The molecule has 15 heavy (non-hydrogen) atoms. The van der Waals surface area contributed by atoms with Crippen LogP contribution >= 0.6 is 0 Å². The topological polar surface area (TPSA) is 44.5 Å². The summed E-state index contributed by atoms with van der Waals surface area (Å²) in [4.78, 5) is 0. The van der Waals surface area contributed by atoms with Gasteiger partial charge in [-0.3, -0.25) is 0 Å². The Morgan fingerprint density at radius 2 is 2.33 bits per heavy atom. The second-order valence-electron chi connectivity index (χ2n) is 3.64. The van der Waals surface area contributed by atoms with Crippen molar-refractivity contribution in [1.82, 2.24) is 0 Å². The summed E-state index contributed by atoms with van der Waals surface area (Å²) >= 11 is 0. The van der Waals surface area contributed by atoms with Crippen LogP contribution in [-0.2, 0) is 4.74 Å². The normalized spacial score (nSPS) is 21.3. The molecule has 0 aromatic heterocycles. The van der Waals surface area contributed by atoms with Gasteiger partial charge >= 0.3 is 0 Å². The standard InChI is InChI=1S/C11H14FNO2/c12-8-3-4-10(13)11(6-8)15-9-2-1-5-14-7-9/h3-4,6,9H,1-2,5,7,13H2/t9-/m1/s1. The highest BCUT2D eigenvalue weighted by atomic mass is 19.1. The Balaban J connectivity index is 2.05. The SMILES string of the molecule is Nc1ccc(F)cc1O[C@@H]1CCCOC1. The molecular formula is C11H14FNO2. The van der Waals surface area contributed by atoms with Crippen LogP contribution in [-0.4, -0.2) is 19.3 Å².